The fraction of sp³-hybridized carbons (Fsp3) is 0.350. The minimum Gasteiger partial charge on any atom is -0.340 e. The summed E-state index contributed by atoms with van der Waals surface area (Å²) >= 11 is 1.53. The smallest absolute Gasteiger partial charge is 0.240 e. The molecule has 2 aromatic rings. The van der Waals surface area contributed by atoms with Gasteiger partial charge >= 0.3 is 0 Å². The van der Waals surface area contributed by atoms with Crippen LogP contribution in [-0.2, 0) is 14.8 Å². The maximum atomic E-state index is 13.3. The van der Waals surface area contributed by atoms with E-state index in [0.29, 0.717) is 32.6 Å². The van der Waals surface area contributed by atoms with Crippen molar-refractivity contribution in [1.29, 1.82) is 0 Å². The third-order valence-electron chi connectivity index (χ3n) is 4.56. The fourth-order valence-electron chi connectivity index (χ4n) is 3.14. The lowest BCUT2D eigenvalue weighted by molar-refractivity contribution is -0.130. The first-order valence-corrected chi connectivity index (χ1v) is 11.7. The summed E-state index contributed by atoms with van der Waals surface area (Å²) in [5.74, 6) is 0.0328. The lowest BCUT2D eigenvalue weighted by atomic mass is 10.1. The van der Waals surface area contributed by atoms with Gasteiger partial charge in [-0.1, -0.05) is 48.5 Å². The molecule has 0 N–H and O–H groups in total. The zero-order chi connectivity index (χ0) is 19.3. The highest BCUT2D eigenvalue weighted by Gasteiger charge is 2.30. The number of benzene rings is 2. The summed E-state index contributed by atoms with van der Waals surface area (Å²) in [6.07, 6.45) is 1.87. The molecule has 0 saturated carbocycles. The van der Waals surface area contributed by atoms with Gasteiger partial charge < -0.3 is 4.90 Å². The Labute approximate surface area is 165 Å². The molecule has 2 aromatic carbocycles. The zero-order valence-corrected chi connectivity index (χ0v) is 17.0. The van der Waals surface area contributed by atoms with E-state index in [0.717, 1.165) is 10.5 Å². The summed E-state index contributed by atoms with van der Waals surface area (Å²) in [6, 6.07) is 19.6. The number of amides is 1. The summed E-state index contributed by atoms with van der Waals surface area (Å²) < 4.78 is 25.1. The number of nitrogens with zero attached hydrogens (tertiary/aromatic N) is 2. The second-order valence-electron chi connectivity index (χ2n) is 6.56. The van der Waals surface area contributed by atoms with Crippen LogP contribution in [0.4, 0.5) is 0 Å². The first-order chi connectivity index (χ1) is 12.9. The largest absolute Gasteiger partial charge is 0.340 e. The Hall–Kier alpha value is -1.83. The molecule has 1 amide bonds. The molecule has 144 valence electrons. The van der Waals surface area contributed by atoms with Crippen LogP contribution in [0.3, 0.4) is 0 Å². The highest BCUT2D eigenvalue weighted by Crippen LogP contribution is 2.36. The minimum atomic E-state index is -3.23. The van der Waals surface area contributed by atoms with Gasteiger partial charge in [0.05, 0.1) is 6.26 Å². The molecular weight excluding hydrogens is 380 g/mol. The van der Waals surface area contributed by atoms with Crippen LogP contribution in [0.2, 0.25) is 0 Å². The second kappa shape index (κ2) is 8.91. The SMILES string of the molecule is CS(=O)(=O)N1CCCN(C(=O)C(Sc2ccccc2)c2ccccc2)CC1. The van der Waals surface area contributed by atoms with E-state index in [1.54, 1.807) is 4.90 Å². The lowest BCUT2D eigenvalue weighted by Gasteiger charge is -2.26. The first kappa shape index (κ1) is 19.9. The number of hydrogen-bond donors (Lipinski definition) is 0. The van der Waals surface area contributed by atoms with Gasteiger partial charge in [0, 0.05) is 31.1 Å². The molecular formula is C20H24N2O3S2. The molecule has 3 rings (SSSR count). The van der Waals surface area contributed by atoms with E-state index < -0.39 is 10.0 Å². The molecule has 0 aliphatic carbocycles. The molecule has 1 unspecified atom stereocenters. The summed E-state index contributed by atoms with van der Waals surface area (Å²) in [4.78, 5) is 16.2. The maximum absolute atomic E-state index is 13.3. The standard InChI is InChI=1S/C20H24N2O3S2/c1-27(24,25)22-14-8-13-21(15-16-22)20(23)19(17-9-4-2-5-10-17)26-18-11-6-3-7-12-18/h2-7,9-12,19H,8,13-16H2,1H3. The Morgan fingerprint density at radius 1 is 0.926 bits per heavy atom. The van der Waals surface area contributed by atoms with E-state index in [-0.39, 0.29) is 11.2 Å². The normalized spacial score (nSPS) is 17.3. The van der Waals surface area contributed by atoms with Crippen LogP contribution in [0.1, 0.15) is 17.2 Å². The third kappa shape index (κ3) is 5.34. The first-order valence-electron chi connectivity index (χ1n) is 8.96. The molecule has 0 aromatic heterocycles. The number of rotatable bonds is 5. The van der Waals surface area contributed by atoms with Crippen molar-refractivity contribution >= 4 is 27.7 Å². The summed E-state index contributed by atoms with van der Waals surface area (Å²) in [6.45, 7) is 1.81. The monoisotopic (exact) mass is 404 g/mol. The van der Waals surface area contributed by atoms with E-state index in [2.05, 4.69) is 0 Å². The van der Waals surface area contributed by atoms with Crippen LogP contribution in [0.15, 0.2) is 65.6 Å². The number of carbonyl (C=O) groups excluding carboxylic acids is 1. The maximum Gasteiger partial charge on any atom is 0.240 e. The average molecular weight is 405 g/mol. The van der Waals surface area contributed by atoms with Gasteiger partial charge in [-0.05, 0) is 24.1 Å². The van der Waals surface area contributed by atoms with Crippen LogP contribution in [-0.4, -0.2) is 56.0 Å². The van der Waals surface area contributed by atoms with E-state index in [9.17, 15) is 13.2 Å². The Kier molecular flexibility index (Phi) is 6.57. The van der Waals surface area contributed by atoms with E-state index in [1.165, 1.54) is 22.3 Å². The molecule has 27 heavy (non-hydrogen) atoms. The molecule has 0 spiro atoms. The summed E-state index contributed by atoms with van der Waals surface area (Å²) in [5.41, 5.74) is 0.959. The minimum absolute atomic E-state index is 0.0328. The number of thioether (sulfide) groups is 1. The van der Waals surface area contributed by atoms with Crippen molar-refractivity contribution in [2.45, 2.75) is 16.6 Å². The zero-order valence-electron chi connectivity index (χ0n) is 15.3. The van der Waals surface area contributed by atoms with Gasteiger partial charge in [0.2, 0.25) is 15.9 Å². The van der Waals surface area contributed by atoms with E-state index >= 15 is 0 Å². The topological polar surface area (TPSA) is 57.7 Å². The van der Waals surface area contributed by atoms with Gasteiger partial charge in [0.25, 0.3) is 0 Å². The number of carbonyl (C=O) groups is 1. The van der Waals surface area contributed by atoms with Crippen LogP contribution in [0.5, 0.6) is 0 Å². The predicted octanol–water partition coefficient (Wildman–Crippen LogP) is 3.01. The highest BCUT2D eigenvalue weighted by molar-refractivity contribution is 8.00. The van der Waals surface area contributed by atoms with E-state index in [1.807, 2.05) is 60.7 Å². The van der Waals surface area contributed by atoms with Gasteiger partial charge in [0.15, 0.2) is 0 Å². The van der Waals surface area contributed by atoms with Crippen molar-refractivity contribution in [1.82, 2.24) is 9.21 Å². The quantitative estimate of drug-likeness (QED) is 0.719. The summed E-state index contributed by atoms with van der Waals surface area (Å²) in [5, 5.41) is -0.349. The Morgan fingerprint density at radius 3 is 2.19 bits per heavy atom. The molecule has 0 bridgehead atoms. The van der Waals surface area contributed by atoms with Gasteiger partial charge in [-0.25, -0.2) is 12.7 Å². The average Bonchev–Trinajstić information content (AvgIpc) is 2.93. The second-order valence-corrected chi connectivity index (χ2v) is 9.72. The Balaban J connectivity index is 1.80. The molecule has 1 fully saturated rings. The van der Waals surface area contributed by atoms with Crippen molar-refractivity contribution < 1.29 is 13.2 Å². The molecule has 1 atom stereocenters. The van der Waals surface area contributed by atoms with Crippen LogP contribution in [0, 0.1) is 0 Å². The molecule has 5 nitrogen and oxygen atoms in total. The molecule has 7 heteroatoms. The fourth-order valence-corrected chi connectivity index (χ4v) is 5.14. The number of hydrogen-bond acceptors (Lipinski definition) is 4. The van der Waals surface area contributed by atoms with Crippen molar-refractivity contribution in [3.63, 3.8) is 0 Å². The van der Waals surface area contributed by atoms with Crippen molar-refractivity contribution in [2.24, 2.45) is 0 Å². The molecule has 1 heterocycles. The lowest BCUT2D eigenvalue weighted by Crippen LogP contribution is -2.38. The Morgan fingerprint density at radius 2 is 1.56 bits per heavy atom. The highest BCUT2D eigenvalue weighted by atomic mass is 32.2. The Bertz CT molecular complexity index is 857. The van der Waals surface area contributed by atoms with Crippen LogP contribution in [0.25, 0.3) is 0 Å². The predicted molar refractivity (Wildman–Crippen MR) is 109 cm³/mol. The van der Waals surface area contributed by atoms with Gasteiger partial charge in [-0.3, -0.25) is 4.79 Å². The molecule has 1 aliphatic heterocycles. The van der Waals surface area contributed by atoms with Gasteiger partial charge in [-0.15, -0.1) is 11.8 Å². The van der Waals surface area contributed by atoms with Crippen molar-refractivity contribution in [3.8, 4) is 0 Å². The van der Waals surface area contributed by atoms with Crippen LogP contribution >= 0.6 is 11.8 Å². The summed E-state index contributed by atoms with van der Waals surface area (Å²) in [7, 11) is -3.23. The van der Waals surface area contributed by atoms with Crippen molar-refractivity contribution in [2.75, 3.05) is 32.4 Å². The molecule has 1 saturated heterocycles. The van der Waals surface area contributed by atoms with Gasteiger partial charge in [0.1, 0.15) is 5.25 Å². The molecule has 1 aliphatic rings. The molecule has 0 radical (unpaired) electrons. The third-order valence-corrected chi connectivity index (χ3v) is 7.12. The van der Waals surface area contributed by atoms with Crippen LogP contribution < -0.4 is 0 Å². The van der Waals surface area contributed by atoms with Crippen molar-refractivity contribution in [3.05, 3.63) is 66.2 Å². The van der Waals surface area contributed by atoms with E-state index in [4.69, 9.17) is 0 Å². The number of sulfonamides is 1. The van der Waals surface area contributed by atoms with Gasteiger partial charge in [-0.2, -0.15) is 0 Å².